The molecule has 0 atom stereocenters. The summed E-state index contributed by atoms with van der Waals surface area (Å²) in [6.07, 6.45) is -2.06. The molecule has 0 aliphatic rings. The van der Waals surface area contributed by atoms with Gasteiger partial charge < -0.3 is 19.8 Å². The summed E-state index contributed by atoms with van der Waals surface area (Å²) in [5.74, 6) is 1.43. The van der Waals surface area contributed by atoms with Crippen molar-refractivity contribution in [2.45, 2.75) is 31.9 Å². The molecule has 1 heterocycles. The zero-order chi connectivity index (χ0) is 17.0. The van der Waals surface area contributed by atoms with E-state index in [0.29, 0.717) is 45.0 Å². The molecule has 8 heteroatoms. The monoisotopic (exact) mass is 335 g/mol. The lowest BCUT2D eigenvalue weighted by molar-refractivity contribution is -0.135. The first-order valence-electron chi connectivity index (χ1n) is 7.61. The first-order valence-corrected chi connectivity index (χ1v) is 7.61. The summed E-state index contributed by atoms with van der Waals surface area (Å²) in [6, 6.07) is 3.70. The number of nitrogens with one attached hydrogen (secondary N) is 2. The largest absolute Gasteiger partial charge is 0.469 e. The number of aliphatic imine (C=N–C) groups is 1. The third-order valence-electron chi connectivity index (χ3n) is 2.98. The second-order valence-corrected chi connectivity index (χ2v) is 4.98. The van der Waals surface area contributed by atoms with Gasteiger partial charge in [-0.15, -0.1) is 0 Å². The van der Waals surface area contributed by atoms with Crippen LogP contribution >= 0.6 is 0 Å². The van der Waals surface area contributed by atoms with Gasteiger partial charge in [0.25, 0.3) is 0 Å². The number of hydrogen-bond acceptors (Lipinski definition) is 3. The summed E-state index contributed by atoms with van der Waals surface area (Å²) in [6.45, 7) is 2.06. The summed E-state index contributed by atoms with van der Waals surface area (Å²) >= 11 is 0. The third-order valence-corrected chi connectivity index (χ3v) is 2.98. The van der Waals surface area contributed by atoms with Crippen molar-refractivity contribution < 1.29 is 22.3 Å². The van der Waals surface area contributed by atoms with Crippen molar-refractivity contribution in [1.29, 1.82) is 0 Å². The van der Waals surface area contributed by atoms with E-state index in [4.69, 9.17) is 9.15 Å². The van der Waals surface area contributed by atoms with E-state index in [0.717, 1.165) is 5.76 Å². The molecule has 1 aromatic rings. The highest BCUT2D eigenvalue weighted by Crippen LogP contribution is 2.21. The van der Waals surface area contributed by atoms with Crippen LogP contribution in [-0.2, 0) is 11.2 Å². The van der Waals surface area contributed by atoms with Gasteiger partial charge in [0.05, 0.1) is 12.9 Å². The van der Waals surface area contributed by atoms with Crippen LogP contribution in [0.4, 0.5) is 13.2 Å². The van der Waals surface area contributed by atoms with E-state index >= 15 is 0 Å². The molecule has 0 unspecified atom stereocenters. The van der Waals surface area contributed by atoms with E-state index in [2.05, 4.69) is 15.6 Å². The van der Waals surface area contributed by atoms with Gasteiger partial charge in [-0.25, -0.2) is 0 Å². The first kappa shape index (κ1) is 19.3. The molecule has 23 heavy (non-hydrogen) atoms. The van der Waals surface area contributed by atoms with Gasteiger partial charge in [0.2, 0.25) is 0 Å². The minimum absolute atomic E-state index is 0.0880. The third kappa shape index (κ3) is 10.6. The molecular weight excluding hydrogens is 311 g/mol. The Morgan fingerprint density at radius 3 is 2.70 bits per heavy atom. The minimum atomic E-state index is -4.09. The standard InChI is InChI=1S/C15H24F3N3O2/c1-22-12-10-21-14(19-8-3-2-7-15(16,17)18)20-9-6-13-5-4-11-23-13/h4-5,11H,2-3,6-10,12H2,1H3,(H2,19,20,21). The van der Waals surface area contributed by atoms with Crippen LogP contribution < -0.4 is 10.6 Å². The van der Waals surface area contributed by atoms with Crippen molar-refractivity contribution in [1.82, 2.24) is 10.6 Å². The highest BCUT2D eigenvalue weighted by atomic mass is 19.4. The molecule has 0 fully saturated rings. The maximum absolute atomic E-state index is 12.1. The van der Waals surface area contributed by atoms with Gasteiger partial charge >= 0.3 is 6.18 Å². The molecule has 0 saturated heterocycles. The maximum atomic E-state index is 12.1. The molecule has 132 valence electrons. The molecular formula is C15H24F3N3O2. The Balaban J connectivity index is 2.29. The van der Waals surface area contributed by atoms with E-state index in [-0.39, 0.29) is 6.42 Å². The molecule has 0 aliphatic carbocycles. The number of methoxy groups -OCH3 is 1. The van der Waals surface area contributed by atoms with Crippen LogP contribution in [-0.4, -0.2) is 45.5 Å². The number of nitrogens with zero attached hydrogens (tertiary/aromatic N) is 1. The molecule has 0 aliphatic heterocycles. The van der Waals surface area contributed by atoms with Crippen LogP contribution in [0.25, 0.3) is 0 Å². The van der Waals surface area contributed by atoms with E-state index in [1.54, 1.807) is 13.4 Å². The Kier molecular flexibility index (Phi) is 9.20. The van der Waals surface area contributed by atoms with E-state index < -0.39 is 12.6 Å². The van der Waals surface area contributed by atoms with Crippen LogP contribution in [0.15, 0.2) is 27.8 Å². The average Bonchev–Trinajstić information content (AvgIpc) is 2.98. The smallest absolute Gasteiger partial charge is 0.389 e. The Bertz CT molecular complexity index is 434. The summed E-state index contributed by atoms with van der Waals surface area (Å²) in [4.78, 5) is 4.27. The Morgan fingerprint density at radius 2 is 2.04 bits per heavy atom. The van der Waals surface area contributed by atoms with E-state index in [1.165, 1.54) is 0 Å². The molecule has 0 saturated carbocycles. The van der Waals surface area contributed by atoms with Crippen molar-refractivity contribution in [3.8, 4) is 0 Å². The number of unbranched alkanes of at least 4 members (excludes halogenated alkanes) is 1. The molecule has 1 rings (SSSR count). The number of furan rings is 1. The summed E-state index contributed by atoms with van der Waals surface area (Å²) in [5.41, 5.74) is 0. The van der Waals surface area contributed by atoms with E-state index in [1.807, 2.05) is 12.1 Å². The SMILES string of the molecule is COCCNC(=NCCCCC(F)(F)F)NCCc1ccco1. The number of guanidine groups is 1. The van der Waals surface area contributed by atoms with Gasteiger partial charge in [0, 0.05) is 39.6 Å². The van der Waals surface area contributed by atoms with Gasteiger partial charge in [-0.2, -0.15) is 13.2 Å². The lowest BCUT2D eigenvalue weighted by Gasteiger charge is -2.12. The van der Waals surface area contributed by atoms with Gasteiger partial charge in [0.1, 0.15) is 5.76 Å². The lowest BCUT2D eigenvalue weighted by atomic mass is 10.2. The van der Waals surface area contributed by atoms with Crippen molar-refractivity contribution in [2.24, 2.45) is 4.99 Å². The molecule has 0 bridgehead atoms. The summed E-state index contributed by atoms with van der Waals surface area (Å²) in [7, 11) is 1.60. The Morgan fingerprint density at radius 1 is 1.26 bits per heavy atom. The highest BCUT2D eigenvalue weighted by molar-refractivity contribution is 5.79. The van der Waals surface area contributed by atoms with Gasteiger partial charge in [-0.05, 0) is 25.0 Å². The molecule has 0 aromatic carbocycles. The Hall–Kier alpha value is -1.70. The number of halogens is 3. The molecule has 0 amide bonds. The van der Waals surface area contributed by atoms with Crippen LogP contribution in [0.1, 0.15) is 25.0 Å². The van der Waals surface area contributed by atoms with Gasteiger partial charge in [-0.3, -0.25) is 4.99 Å². The fraction of sp³-hybridized carbons (Fsp3) is 0.667. The first-order chi connectivity index (χ1) is 11.0. The number of hydrogen-bond donors (Lipinski definition) is 2. The molecule has 2 N–H and O–H groups in total. The minimum Gasteiger partial charge on any atom is -0.469 e. The number of alkyl halides is 3. The second kappa shape index (κ2) is 10.9. The predicted octanol–water partition coefficient (Wildman–Crippen LogP) is 2.74. The van der Waals surface area contributed by atoms with Gasteiger partial charge in [-0.1, -0.05) is 0 Å². The highest BCUT2D eigenvalue weighted by Gasteiger charge is 2.25. The maximum Gasteiger partial charge on any atom is 0.389 e. The van der Waals surface area contributed by atoms with Crippen LogP contribution in [0.2, 0.25) is 0 Å². The second-order valence-electron chi connectivity index (χ2n) is 4.98. The van der Waals surface area contributed by atoms with Crippen LogP contribution in [0.5, 0.6) is 0 Å². The number of ether oxygens (including phenoxy) is 1. The lowest BCUT2D eigenvalue weighted by Crippen LogP contribution is -2.40. The average molecular weight is 335 g/mol. The molecule has 0 radical (unpaired) electrons. The fourth-order valence-electron chi connectivity index (χ4n) is 1.83. The molecule has 5 nitrogen and oxygen atoms in total. The fourth-order valence-corrected chi connectivity index (χ4v) is 1.83. The summed E-state index contributed by atoms with van der Waals surface area (Å²) < 4.78 is 46.4. The van der Waals surface area contributed by atoms with Gasteiger partial charge in [0.15, 0.2) is 5.96 Å². The Labute approximate surface area is 134 Å². The normalized spacial score (nSPS) is 12.4. The van der Waals surface area contributed by atoms with Crippen molar-refractivity contribution in [3.63, 3.8) is 0 Å². The zero-order valence-corrected chi connectivity index (χ0v) is 13.3. The van der Waals surface area contributed by atoms with Crippen molar-refractivity contribution in [2.75, 3.05) is 33.4 Å². The number of rotatable bonds is 10. The summed E-state index contributed by atoms with van der Waals surface area (Å²) in [5, 5.41) is 6.19. The molecule has 0 spiro atoms. The predicted molar refractivity (Wildman–Crippen MR) is 82.5 cm³/mol. The van der Waals surface area contributed by atoms with Crippen molar-refractivity contribution in [3.05, 3.63) is 24.2 Å². The van der Waals surface area contributed by atoms with Crippen molar-refractivity contribution >= 4 is 5.96 Å². The quantitative estimate of drug-likeness (QED) is 0.392. The topological polar surface area (TPSA) is 58.8 Å². The van der Waals surface area contributed by atoms with Crippen LogP contribution in [0.3, 0.4) is 0 Å². The van der Waals surface area contributed by atoms with E-state index in [9.17, 15) is 13.2 Å². The van der Waals surface area contributed by atoms with Crippen LogP contribution in [0, 0.1) is 0 Å². The molecule has 1 aromatic heterocycles. The zero-order valence-electron chi connectivity index (χ0n) is 13.3.